The third kappa shape index (κ3) is 8.99. The van der Waals surface area contributed by atoms with Crippen LogP contribution in [0.5, 0.6) is 5.75 Å². The molecule has 1 atom stereocenters. The quantitative estimate of drug-likeness (QED) is 0.189. The lowest BCUT2D eigenvalue weighted by molar-refractivity contribution is 0.242. The van der Waals surface area contributed by atoms with Gasteiger partial charge in [-0.1, -0.05) is 18.2 Å². The highest BCUT2D eigenvalue weighted by Crippen LogP contribution is 2.30. The fraction of sp³-hybridized carbons (Fsp3) is 0.385. The minimum Gasteiger partial charge on any atom is -0.491 e. The predicted molar refractivity (Wildman–Crippen MR) is 137 cm³/mol. The summed E-state index contributed by atoms with van der Waals surface area (Å²) in [6, 6.07) is 18.5. The SMILES string of the molecule is CC(C)Oc1ccc(CCCNc2ccc(CNCCCO[PH](=O)O)cc2-c2ccco2)cc1. The minimum atomic E-state index is -2.84. The van der Waals surface area contributed by atoms with Gasteiger partial charge in [0, 0.05) is 24.3 Å². The average Bonchev–Trinajstić information content (AvgIpc) is 3.35. The standard InChI is InChI=1S/C26H35N2O5P/c1-20(2)33-23-11-8-21(9-12-23)6-3-15-28-25-13-10-22(18-24(25)26-7-4-16-31-26)19-27-14-5-17-32-34(29)30/h4,7-13,16,18,20,27-28,34H,3,5-6,14-15,17,19H2,1-2H3,(H,29,30). The topological polar surface area (TPSA) is 93.0 Å². The summed E-state index contributed by atoms with van der Waals surface area (Å²) in [5.74, 6) is 1.73. The number of hydrogen-bond acceptors (Lipinski definition) is 6. The lowest BCUT2D eigenvalue weighted by atomic mass is 10.1. The maximum absolute atomic E-state index is 10.6. The Morgan fingerprint density at radius 2 is 1.82 bits per heavy atom. The van der Waals surface area contributed by atoms with Crippen molar-refractivity contribution in [1.29, 1.82) is 0 Å². The number of furan rings is 1. The van der Waals surface area contributed by atoms with E-state index in [0.717, 1.165) is 47.7 Å². The maximum Gasteiger partial charge on any atom is 0.316 e. The van der Waals surface area contributed by atoms with Crippen LogP contribution in [0.25, 0.3) is 11.3 Å². The van der Waals surface area contributed by atoms with E-state index in [1.165, 1.54) is 5.56 Å². The van der Waals surface area contributed by atoms with Gasteiger partial charge < -0.3 is 29.2 Å². The highest BCUT2D eigenvalue weighted by atomic mass is 31.1. The van der Waals surface area contributed by atoms with Crippen LogP contribution in [0.2, 0.25) is 0 Å². The molecule has 0 aliphatic carbocycles. The van der Waals surface area contributed by atoms with Crippen molar-refractivity contribution in [2.24, 2.45) is 0 Å². The Labute approximate surface area is 202 Å². The van der Waals surface area contributed by atoms with Crippen molar-refractivity contribution in [1.82, 2.24) is 5.32 Å². The van der Waals surface area contributed by atoms with Crippen LogP contribution in [0, 0.1) is 0 Å². The van der Waals surface area contributed by atoms with Gasteiger partial charge in [-0.15, -0.1) is 0 Å². The van der Waals surface area contributed by atoms with Gasteiger partial charge in [0.2, 0.25) is 0 Å². The van der Waals surface area contributed by atoms with Crippen LogP contribution >= 0.6 is 8.25 Å². The summed E-state index contributed by atoms with van der Waals surface area (Å²) in [4.78, 5) is 8.69. The van der Waals surface area contributed by atoms with E-state index in [-0.39, 0.29) is 12.7 Å². The molecule has 0 aliphatic rings. The first kappa shape index (κ1) is 26.0. The number of rotatable bonds is 15. The van der Waals surface area contributed by atoms with Crippen LogP contribution < -0.4 is 15.4 Å². The Morgan fingerprint density at radius 3 is 2.53 bits per heavy atom. The monoisotopic (exact) mass is 486 g/mol. The van der Waals surface area contributed by atoms with Crippen molar-refractivity contribution in [3.05, 3.63) is 72.0 Å². The van der Waals surface area contributed by atoms with Crippen molar-refractivity contribution in [3.8, 4) is 17.1 Å². The van der Waals surface area contributed by atoms with E-state index in [9.17, 15) is 4.57 Å². The molecule has 3 aromatic rings. The Kier molecular flexibility index (Phi) is 10.7. The summed E-state index contributed by atoms with van der Waals surface area (Å²) in [5, 5.41) is 6.90. The molecule has 1 heterocycles. The molecule has 2 aromatic carbocycles. The summed E-state index contributed by atoms with van der Waals surface area (Å²) < 4.78 is 26.7. The largest absolute Gasteiger partial charge is 0.491 e. The first-order valence-corrected chi connectivity index (χ1v) is 13.0. The molecular weight excluding hydrogens is 451 g/mol. The van der Waals surface area contributed by atoms with Gasteiger partial charge in [0.25, 0.3) is 0 Å². The normalized spacial score (nSPS) is 12.1. The van der Waals surface area contributed by atoms with Gasteiger partial charge in [0.15, 0.2) is 0 Å². The van der Waals surface area contributed by atoms with Gasteiger partial charge in [-0.05, 0) is 87.2 Å². The van der Waals surface area contributed by atoms with E-state index < -0.39 is 8.25 Å². The fourth-order valence-corrected chi connectivity index (χ4v) is 3.92. The smallest absolute Gasteiger partial charge is 0.316 e. The van der Waals surface area contributed by atoms with Crippen molar-refractivity contribution in [3.63, 3.8) is 0 Å². The Morgan fingerprint density at radius 1 is 1.03 bits per heavy atom. The van der Waals surface area contributed by atoms with Crippen LogP contribution in [0.15, 0.2) is 65.3 Å². The van der Waals surface area contributed by atoms with Gasteiger partial charge >= 0.3 is 8.25 Å². The van der Waals surface area contributed by atoms with Crippen molar-refractivity contribution in [2.45, 2.75) is 45.8 Å². The second kappa shape index (κ2) is 14.0. The molecule has 7 nitrogen and oxygen atoms in total. The van der Waals surface area contributed by atoms with E-state index in [4.69, 9.17) is 18.6 Å². The van der Waals surface area contributed by atoms with Gasteiger partial charge in [-0.25, -0.2) is 0 Å². The molecule has 3 rings (SSSR count). The molecule has 0 aliphatic heterocycles. The Bertz CT molecular complexity index is 1010. The van der Waals surface area contributed by atoms with E-state index in [1.54, 1.807) is 6.26 Å². The number of aryl methyl sites for hydroxylation is 1. The van der Waals surface area contributed by atoms with Crippen molar-refractivity contribution in [2.75, 3.05) is 25.0 Å². The summed E-state index contributed by atoms with van der Waals surface area (Å²) in [5.41, 5.74) is 4.50. The molecule has 0 bridgehead atoms. The molecule has 0 saturated heterocycles. The van der Waals surface area contributed by atoms with E-state index >= 15 is 0 Å². The van der Waals surface area contributed by atoms with Crippen LogP contribution in [0.3, 0.4) is 0 Å². The summed E-state index contributed by atoms with van der Waals surface area (Å²) in [6.07, 6.45) is 4.54. The Hall–Kier alpha value is -2.57. The number of benzene rings is 2. The molecule has 1 unspecified atom stereocenters. The molecule has 3 N–H and O–H groups in total. The Balaban J connectivity index is 1.50. The summed E-state index contributed by atoms with van der Waals surface area (Å²) >= 11 is 0. The van der Waals surface area contributed by atoms with E-state index in [1.807, 2.05) is 38.1 Å². The number of hydrogen-bond donors (Lipinski definition) is 3. The van der Waals surface area contributed by atoms with Gasteiger partial charge in [0.05, 0.1) is 19.0 Å². The average molecular weight is 487 g/mol. The first-order valence-electron chi connectivity index (χ1n) is 11.7. The van der Waals surface area contributed by atoms with Crippen LogP contribution in [-0.2, 0) is 22.1 Å². The second-order valence-corrected chi connectivity index (χ2v) is 9.16. The molecule has 1 aromatic heterocycles. The molecule has 0 saturated carbocycles. The zero-order chi connectivity index (χ0) is 24.2. The molecule has 34 heavy (non-hydrogen) atoms. The molecule has 8 heteroatoms. The summed E-state index contributed by atoms with van der Waals surface area (Å²) in [7, 11) is -2.84. The fourth-order valence-electron chi connectivity index (χ4n) is 3.60. The highest BCUT2D eigenvalue weighted by molar-refractivity contribution is 7.32. The third-order valence-electron chi connectivity index (χ3n) is 5.18. The zero-order valence-corrected chi connectivity index (χ0v) is 20.9. The lowest BCUT2D eigenvalue weighted by Gasteiger charge is -2.14. The summed E-state index contributed by atoms with van der Waals surface area (Å²) in [6.45, 7) is 6.58. The lowest BCUT2D eigenvalue weighted by Crippen LogP contribution is -2.16. The highest BCUT2D eigenvalue weighted by Gasteiger charge is 2.09. The van der Waals surface area contributed by atoms with E-state index in [2.05, 4.69) is 41.0 Å². The molecule has 0 spiro atoms. The van der Waals surface area contributed by atoms with Gasteiger partial charge in [0.1, 0.15) is 11.5 Å². The zero-order valence-electron chi connectivity index (χ0n) is 19.9. The van der Waals surface area contributed by atoms with Crippen LogP contribution in [0.1, 0.15) is 37.8 Å². The molecule has 0 fully saturated rings. The number of nitrogens with one attached hydrogen (secondary N) is 2. The minimum absolute atomic E-state index is 0.181. The maximum atomic E-state index is 10.6. The molecular formula is C26H35N2O5P. The van der Waals surface area contributed by atoms with Crippen molar-refractivity contribution < 1.29 is 23.1 Å². The number of anilines is 1. The predicted octanol–water partition coefficient (Wildman–Crippen LogP) is 5.66. The van der Waals surface area contributed by atoms with E-state index in [0.29, 0.717) is 19.5 Å². The third-order valence-corrected chi connectivity index (χ3v) is 5.63. The number of ether oxygens (including phenoxy) is 1. The molecule has 184 valence electrons. The first-order chi connectivity index (χ1) is 16.5. The van der Waals surface area contributed by atoms with Crippen molar-refractivity contribution >= 4 is 13.9 Å². The molecule has 0 radical (unpaired) electrons. The van der Waals surface area contributed by atoms with Crippen LogP contribution in [-0.4, -0.2) is 30.7 Å². The van der Waals surface area contributed by atoms with Gasteiger partial charge in [-0.2, -0.15) is 0 Å². The molecule has 0 amide bonds. The van der Waals surface area contributed by atoms with Gasteiger partial charge in [-0.3, -0.25) is 4.57 Å². The van der Waals surface area contributed by atoms with Crippen LogP contribution in [0.4, 0.5) is 5.69 Å². The second-order valence-electron chi connectivity index (χ2n) is 8.34.